The summed E-state index contributed by atoms with van der Waals surface area (Å²) in [6, 6.07) is 11.2. The van der Waals surface area contributed by atoms with Crippen LogP contribution in [-0.4, -0.2) is 22.6 Å². The maximum absolute atomic E-state index is 11.4. The van der Waals surface area contributed by atoms with E-state index in [4.69, 9.17) is 4.42 Å². The Morgan fingerprint density at radius 1 is 1.28 bits per heavy atom. The summed E-state index contributed by atoms with van der Waals surface area (Å²) in [6.45, 7) is 0.498. The molecule has 92 valence electrons. The highest BCUT2D eigenvalue weighted by atomic mass is 16.4. The van der Waals surface area contributed by atoms with Crippen LogP contribution in [0.3, 0.4) is 0 Å². The van der Waals surface area contributed by atoms with Gasteiger partial charge in [-0.2, -0.15) is 0 Å². The zero-order chi connectivity index (χ0) is 12.5. The van der Waals surface area contributed by atoms with E-state index in [2.05, 4.69) is 0 Å². The van der Waals surface area contributed by atoms with Gasteiger partial charge in [0.05, 0.1) is 6.26 Å². The number of benzene rings is 1. The molecule has 3 rings (SSSR count). The lowest BCUT2D eigenvalue weighted by Gasteiger charge is -2.34. The van der Waals surface area contributed by atoms with Gasteiger partial charge in [0.25, 0.3) is 0 Å². The van der Waals surface area contributed by atoms with Crippen molar-refractivity contribution in [2.45, 2.75) is 12.5 Å². The number of furan rings is 1. The van der Waals surface area contributed by atoms with Gasteiger partial charge in [-0.1, -0.05) is 24.3 Å². The van der Waals surface area contributed by atoms with Gasteiger partial charge in [0.1, 0.15) is 11.8 Å². The highest BCUT2D eigenvalue weighted by molar-refractivity contribution is 5.67. The number of rotatable bonds is 1. The minimum absolute atomic E-state index is 0.331. The SMILES string of the molecule is O=C(O)N1CCc2ccccc2C1c1ccco1. The number of hydrogen-bond donors (Lipinski definition) is 1. The summed E-state index contributed by atoms with van der Waals surface area (Å²) in [7, 11) is 0. The van der Waals surface area contributed by atoms with Crippen molar-refractivity contribution in [3.8, 4) is 0 Å². The molecular weight excluding hydrogens is 230 g/mol. The molecule has 4 nitrogen and oxygen atoms in total. The molecule has 1 aromatic heterocycles. The average molecular weight is 243 g/mol. The molecule has 1 N–H and O–H groups in total. The molecule has 0 saturated heterocycles. The van der Waals surface area contributed by atoms with Gasteiger partial charge in [-0.05, 0) is 29.7 Å². The fourth-order valence-electron chi connectivity index (χ4n) is 2.53. The fourth-order valence-corrected chi connectivity index (χ4v) is 2.53. The van der Waals surface area contributed by atoms with E-state index >= 15 is 0 Å². The Morgan fingerprint density at radius 3 is 2.83 bits per heavy atom. The summed E-state index contributed by atoms with van der Waals surface area (Å²) in [4.78, 5) is 12.8. The van der Waals surface area contributed by atoms with Crippen molar-refractivity contribution in [2.75, 3.05) is 6.54 Å². The van der Waals surface area contributed by atoms with Gasteiger partial charge < -0.3 is 9.52 Å². The summed E-state index contributed by atoms with van der Waals surface area (Å²) in [5.74, 6) is 0.671. The molecule has 2 aromatic rings. The van der Waals surface area contributed by atoms with Gasteiger partial charge >= 0.3 is 6.09 Å². The molecule has 18 heavy (non-hydrogen) atoms. The van der Waals surface area contributed by atoms with Crippen molar-refractivity contribution in [3.63, 3.8) is 0 Å². The molecule has 2 heterocycles. The first-order chi connectivity index (χ1) is 8.77. The zero-order valence-corrected chi connectivity index (χ0v) is 9.74. The maximum atomic E-state index is 11.4. The van der Waals surface area contributed by atoms with Crippen LogP contribution in [0.25, 0.3) is 0 Å². The number of carbonyl (C=O) groups is 1. The molecule has 0 aliphatic carbocycles. The number of amides is 1. The van der Waals surface area contributed by atoms with Gasteiger partial charge in [-0.25, -0.2) is 4.79 Å². The van der Waals surface area contributed by atoms with E-state index in [1.807, 2.05) is 30.3 Å². The minimum Gasteiger partial charge on any atom is -0.467 e. The van der Waals surface area contributed by atoms with Crippen LogP contribution in [0, 0.1) is 0 Å². The number of carboxylic acid groups (broad SMARTS) is 1. The smallest absolute Gasteiger partial charge is 0.408 e. The number of nitrogens with zero attached hydrogens (tertiary/aromatic N) is 1. The summed E-state index contributed by atoms with van der Waals surface area (Å²) in [5.41, 5.74) is 2.21. The van der Waals surface area contributed by atoms with Crippen molar-refractivity contribution in [1.82, 2.24) is 4.90 Å². The Bertz CT molecular complexity index is 562. The molecule has 1 aliphatic heterocycles. The third kappa shape index (κ3) is 1.66. The molecule has 4 heteroatoms. The van der Waals surface area contributed by atoms with Crippen molar-refractivity contribution in [1.29, 1.82) is 0 Å². The Morgan fingerprint density at radius 2 is 2.11 bits per heavy atom. The quantitative estimate of drug-likeness (QED) is 0.837. The monoisotopic (exact) mass is 243 g/mol. The topological polar surface area (TPSA) is 53.7 Å². The van der Waals surface area contributed by atoms with E-state index in [-0.39, 0.29) is 6.04 Å². The normalized spacial score (nSPS) is 18.4. The van der Waals surface area contributed by atoms with Crippen LogP contribution in [0.4, 0.5) is 4.79 Å². The Hall–Kier alpha value is -2.23. The lowest BCUT2D eigenvalue weighted by atomic mass is 9.91. The molecule has 1 aliphatic rings. The summed E-state index contributed by atoms with van der Waals surface area (Å²) >= 11 is 0. The summed E-state index contributed by atoms with van der Waals surface area (Å²) in [5, 5.41) is 9.32. The second-order valence-corrected chi connectivity index (χ2v) is 4.34. The van der Waals surface area contributed by atoms with E-state index in [0.29, 0.717) is 12.3 Å². The van der Waals surface area contributed by atoms with Crippen LogP contribution in [0.15, 0.2) is 47.1 Å². The van der Waals surface area contributed by atoms with E-state index in [9.17, 15) is 9.90 Å². The van der Waals surface area contributed by atoms with Crippen molar-refractivity contribution < 1.29 is 14.3 Å². The first-order valence-corrected chi connectivity index (χ1v) is 5.88. The molecule has 0 saturated carbocycles. The van der Waals surface area contributed by atoms with Crippen molar-refractivity contribution >= 4 is 6.09 Å². The molecule has 1 aromatic carbocycles. The predicted molar refractivity (Wildman–Crippen MR) is 65.4 cm³/mol. The largest absolute Gasteiger partial charge is 0.467 e. The molecule has 0 fully saturated rings. The van der Waals surface area contributed by atoms with Gasteiger partial charge in [-0.15, -0.1) is 0 Å². The van der Waals surface area contributed by atoms with Crippen LogP contribution in [0.1, 0.15) is 22.9 Å². The Kier molecular flexibility index (Phi) is 2.55. The van der Waals surface area contributed by atoms with E-state index in [1.54, 1.807) is 12.3 Å². The summed E-state index contributed by atoms with van der Waals surface area (Å²) < 4.78 is 5.41. The predicted octanol–water partition coefficient (Wildman–Crippen LogP) is 2.91. The second kappa shape index (κ2) is 4.22. The molecular formula is C14H13NO3. The van der Waals surface area contributed by atoms with Gasteiger partial charge in [0.2, 0.25) is 0 Å². The van der Waals surface area contributed by atoms with E-state index in [0.717, 1.165) is 12.0 Å². The zero-order valence-electron chi connectivity index (χ0n) is 9.74. The Balaban J connectivity index is 2.12. The lowest BCUT2D eigenvalue weighted by Crippen LogP contribution is -2.39. The van der Waals surface area contributed by atoms with E-state index < -0.39 is 6.09 Å². The Labute approximate surface area is 104 Å². The van der Waals surface area contributed by atoms with Crippen LogP contribution in [0.5, 0.6) is 0 Å². The molecule has 1 atom stereocenters. The van der Waals surface area contributed by atoms with Crippen molar-refractivity contribution in [3.05, 3.63) is 59.5 Å². The summed E-state index contributed by atoms with van der Waals surface area (Å²) in [6.07, 6.45) is 1.41. The highest BCUT2D eigenvalue weighted by Gasteiger charge is 2.33. The fraction of sp³-hybridized carbons (Fsp3) is 0.214. The maximum Gasteiger partial charge on any atom is 0.408 e. The van der Waals surface area contributed by atoms with Crippen LogP contribution < -0.4 is 0 Å². The van der Waals surface area contributed by atoms with Gasteiger partial charge in [-0.3, -0.25) is 4.90 Å². The van der Waals surface area contributed by atoms with Gasteiger partial charge in [0, 0.05) is 6.54 Å². The molecule has 0 bridgehead atoms. The third-order valence-electron chi connectivity index (χ3n) is 3.34. The number of hydrogen-bond acceptors (Lipinski definition) is 2. The molecule has 0 radical (unpaired) electrons. The third-order valence-corrected chi connectivity index (χ3v) is 3.34. The highest BCUT2D eigenvalue weighted by Crippen LogP contribution is 2.35. The second-order valence-electron chi connectivity index (χ2n) is 4.34. The molecule has 0 spiro atoms. The standard InChI is InChI=1S/C14H13NO3/c16-14(17)15-8-7-10-4-1-2-5-11(10)13(15)12-6-3-9-18-12/h1-6,9,13H,7-8H2,(H,16,17). The lowest BCUT2D eigenvalue weighted by molar-refractivity contribution is 0.123. The van der Waals surface area contributed by atoms with Crippen LogP contribution in [0.2, 0.25) is 0 Å². The molecule has 1 amide bonds. The van der Waals surface area contributed by atoms with E-state index in [1.165, 1.54) is 10.5 Å². The van der Waals surface area contributed by atoms with Crippen LogP contribution in [-0.2, 0) is 6.42 Å². The number of fused-ring (bicyclic) bond motifs is 1. The van der Waals surface area contributed by atoms with Gasteiger partial charge in [0.15, 0.2) is 0 Å². The average Bonchev–Trinajstić information content (AvgIpc) is 2.90. The first-order valence-electron chi connectivity index (χ1n) is 5.88. The van der Waals surface area contributed by atoms with Crippen LogP contribution >= 0.6 is 0 Å². The molecule has 1 unspecified atom stereocenters. The van der Waals surface area contributed by atoms with Crippen molar-refractivity contribution in [2.24, 2.45) is 0 Å². The first kappa shape index (κ1) is 10.9. The minimum atomic E-state index is -0.911.